The summed E-state index contributed by atoms with van der Waals surface area (Å²) < 4.78 is 1.76. The molecule has 0 unspecified atom stereocenters. The molecule has 1 amide bonds. The first-order chi connectivity index (χ1) is 18.7. The summed E-state index contributed by atoms with van der Waals surface area (Å²) in [7, 11) is 0. The largest absolute Gasteiger partial charge is 0.355 e. The van der Waals surface area contributed by atoms with Crippen molar-refractivity contribution in [1.82, 2.24) is 40.1 Å². The summed E-state index contributed by atoms with van der Waals surface area (Å²) in [4.78, 5) is 26.5. The van der Waals surface area contributed by atoms with Crippen LogP contribution in [-0.2, 0) is 37.1 Å². The van der Waals surface area contributed by atoms with Gasteiger partial charge < -0.3 is 15.1 Å². The average Bonchev–Trinajstić information content (AvgIpc) is 3.74. The highest BCUT2D eigenvalue weighted by Crippen LogP contribution is 2.32. The number of nitrogens with one attached hydrogen (secondary N) is 2. The lowest BCUT2D eigenvalue weighted by Gasteiger charge is -2.25. The SMILES string of the molecule is O=C(Cn1cc(-c2cnc(NC3Cc4ccccc4C3)nc2)c(N2CCCC2)n1)N1CCc2n[nH]nc2C1. The van der Waals surface area contributed by atoms with E-state index in [0.29, 0.717) is 31.5 Å². The van der Waals surface area contributed by atoms with Crippen LogP contribution in [0.2, 0.25) is 0 Å². The number of nitrogens with zero attached hydrogens (tertiary/aromatic N) is 8. The van der Waals surface area contributed by atoms with Crippen molar-refractivity contribution in [3.05, 3.63) is 65.4 Å². The van der Waals surface area contributed by atoms with Crippen LogP contribution in [0, 0.1) is 0 Å². The summed E-state index contributed by atoms with van der Waals surface area (Å²) in [5, 5.41) is 19.3. The molecule has 3 aliphatic rings. The molecule has 0 bridgehead atoms. The van der Waals surface area contributed by atoms with Crippen molar-refractivity contribution in [2.45, 2.75) is 51.2 Å². The van der Waals surface area contributed by atoms with Gasteiger partial charge in [-0.15, -0.1) is 0 Å². The molecule has 0 radical (unpaired) electrons. The Hall–Kier alpha value is -4.28. The molecule has 1 aromatic carbocycles. The van der Waals surface area contributed by atoms with E-state index in [9.17, 15) is 4.79 Å². The van der Waals surface area contributed by atoms with E-state index in [0.717, 1.165) is 67.1 Å². The zero-order chi connectivity index (χ0) is 25.5. The number of carbonyl (C=O) groups is 1. The molecule has 38 heavy (non-hydrogen) atoms. The monoisotopic (exact) mass is 510 g/mol. The molecule has 1 fully saturated rings. The van der Waals surface area contributed by atoms with Crippen molar-refractivity contribution in [3.8, 4) is 11.1 Å². The Balaban J connectivity index is 1.08. The third kappa shape index (κ3) is 4.37. The maximum absolute atomic E-state index is 13.1. The highest BCUT2D eigenvalue weighted by Gasteiger charge is 2.26. The van der Waals surface area contributed by atoms with Crippen LogP contribution >= 0.6 is 0 Å². The lowest BCUT2D eigenvalue weighted by Crippen LogP contribution is -2.38. The Morgan fingerprint density at radius 3 is 2.50 bits per heavy atom. The number of hydrogen-bond donors (Lipinski definition) is 2. The number of anilines is 2. The summed E-state index contributed by atoms with van der Waals surface area (Å²) in [6.45, 7) is 3.21. The second-order valence-corrected chi connectivity index (χ2v) is 10.4. The quantitative estimate of drug-likeness (QED) is 0.405. The van der Waals surface area contributed by atoms with Crippen LogP contribution in [0.25, 0.3) is 11.1 Å². The van der Waals surface area contributed by atoms with Gasteiger partial charge in [-0.05, 0) is 36.8 Å². The summed E-state index contributed by atoms with van der Waals surface area (Å²) in [5.74, 6) is 1.55. The number of aromatic nitrogens is 7. The minimum Gasteiger partial charge on any atom is -0.355 e. The molecule has 0 saturated carbocycles. The Morgan fingerprint density at radius 1 is 1.00 bits per heavy atom. The van der Waals surface area contributed by atoms with E-state index in [1.54, 1.807) is 4.68 Å². The number of aromatic amines is 1. The predicted octanol–water partition coefficient (Wildman–Crippen LogP) is 2.22. The molecule has 2 aliphatic heterocycles. The fraction of sp³-hybridized carbons (Fsp3) is 0.407. The molecule has 0 spiro atoms. The Bertz CT molecular complexity index is 1430. The van der Waals surface area contributed by atoms with Crippen LogP contribution in [0.1, 0.15) is 35.4 Å². The standard InChI is InChI=1S/C27H30N10O/c38-25(36-10-7-23-24(16-36)32-34-31-23)17-37-15-22(26(33-37)35-8-3-4-9-35)20-13-28-27(29-14-20)30-21-11-18-5-1-2-6-19(18)12-21/h1-2,5-6,13-15,21H,3-4,7-12,16-17H2,(H,28,29,30)(H,31,32,34). The van der Waals surface area contributed by atoms with E-state index < -0.39 is 0 Å². The first kappa shape index (κ1) is 22.9. The molecule has 1 aliphatic carbocycles. The first-order valence-corrected chi connectivity index (χ1v) is 13.3. The second kappa shape index (κ2) is 9.55. The first-order valence-electron chi connectivity index (χ1n) is 13.3. The van der Waals surface area contributed by atoms with Crippen molar-refractivity contribution < 1.29 is 4.79 Å². The molecule has 2 N–H and O–H groups in total. The minimum atomic E-state index is 0.0222. The van der Waals surface area contributed by atoms with Crippen molar-refractivity contribution in [2.75, 3.05) is 29.9 Å². The summed E-state index contributed by atoms with van der Waals surface area (Å²) in [5.41, 5.74) is 6.43. The van der Waals surface area contributed by atoms with Gasteiger partial charge in [0.1, 0.15) is 12.2 Å². The summed E-state index contributed by atoms with van der Waals surface area (Å²) in [6.07, 6.45) is 10.6. The smallest absolute Gasteiger partial charge is 0.244 e. The second-order valence-electron chi connectivity index (χ2n) is 10.4. The number of carbonyl (C=O) groups excluding carboxylic acids is 1. The zero-order valence-corrected chi connectivity index (χ0v) is 21.2. The Labute approximate surface area is 220 Å². The topological polar surface area (TPSA) is 121 Å². The molecule has 5 heterocycles. The zero-order valence-electron chi connectivity index (χ0n) is 21.2. The minimum absolute atomic E-state index is 0.0222. The van der Waals surface area contributed by atoms with Crippen LogP contribution < -0.4 is 10.2 Å². The van der Waals surface area contributed by atoms with Crippen LogP contribution in [0.4, 0.5) is 11.8 Å². The van der Waals surface area contributed by atoms with E-state index in [4.69, 9.17) is 5.10 Å². The van der Waals surface area contributed by atoms with Gasteiger partial charge in [-0.3, -0.25) is 9.48 Å². The molecule has 4 aromatic rings. The number of rotatable bonds is 6. The predicted molar refractivity (Wildman–Crippen MR) is 141 cm³/mol. The van der Waals surface area contributed by atoms with E-state index in [-0.39, 0.29) is 12.5 Å². The highest BCUT2D eigenvalue weighted by molar-refractivity contribution is 5.78. The average molecular weight is 511 g/mol. The number of fused-ring (bicyclic) bond motifs is 2. The molecular weight excluding hydrogens is 480 g/mol. The third-order valence-corrected chi connectivity index (χ3v) is 7.81. The lowest BCUT2D eigenvalue weighted by molar-refractivity contribution is -0.133. The molecule has 1 saturated heterocycles. The van der Waals surface area contributed by atoms with Gasteiger partial charge in [0.2, 0.25) is 11.9 Å². The van der Waals surface area contributed by atoms with Crippen LogP contribution in [-0.4, -0.2) is 71.6 Å². The third-order valence-electron chi connectivity index (χ3n) is 7.81. The molecule has 0 atom stereocenters. The van der Waals surface area contributed by atoms with Crippen LogP contribution in [0.5, 0.6) is 0 Å². The van der Waals surface area contributed by atoms with E-state index >= 15 is 0 Å². The van der Waals surface area contributed by atoms with Gasteiger partial charge in [-0.1, -0.05) is 24.3 Å². The highest BCUT2D eigenvalue weighted by atomic mass is 16.2. The maximum atomic E-state index is 13.1. The lowest BCUT2D eigenvalue weighted by atomic mass is 10.1. The fourth-order valence-corrected chi connectivity index (χ4v) is 5.80. The van der Waals surface area contributed by atoms with Crippen LogP contribution in [0.15, 0.2) is 42.9 Å². The van der Waals surface area contributed by atoms with Crippen molar-refractivity contribution >= 4 is 17.7 Å². The molecule has 11 heteroatoms. The van der Waals surface area contributed by atoms with Gasteiger partial charge >= 0.3 is 0 Å². The summed E-state index contributed by atoms with van der Waals surface area (Å²) >= 11 is 0. The van der Waals surface area contributed by atoms with Crippen molar-refractivity contribution in [2.24, 2.45) is 0 Å². The van der Waals surface area contributed by atoms with Gasteiger partial charge in [0, 0.05) is 61.8 Å². The molecule has 7 rings (SSSR count). The van der Waals surface area contributed by atoms with E-state index in [2.05, 4.69) is 59.9 Å². The van der Waals surface area contributed by atoms with E-state index in [1.165, 1.54) is 11.1 Å². The Kier molecular flexibility index (Phi) is 5.75. The Morgan fingerprint density at radius 2 is 1.74 bits per heavy atom. The van der Waals surface area contributed by atoms with Gasteiger partial charge in [0.15, 0.2) is 5.82 Å². The van der Waals surface area contributed by atoms with E-state index in [1.807, 2.05) is 23.5 Å². The number of amides is 1. The molecule has 194 valence electrons. The molecule has 11 nitrogen and oxygen atoms in total. The van der Waals surface area contributed by atoms with Gasteiger partial charge in [0.25, 0.3) is 0 Å². The van der Waals surface area contributed by atoms with Gasteiger partial charge in [0.05, 0.1) is 12.2 Å². The fourth-order valence-electron chi connectivity index (χ4n) is 5.80. The summed E-state index contributed by atoms with van der Waals surface area (Å²) in [6, 6.07) is 8.88. The molecule has 3 aromatic heterocycles. The van der Waals surface area contributed by atoms with Gasteiger partial charge in [-0.25, -0.2) is 9.97 Å². The molecular formula is C27H30N10O. The van der Waals surface area contributed by atoms with Crippen molar-refractivity contribution in [1.29, 1.82) is 0 Å². The van der Waals surface area contributed by atoms with Crippen molar-refractivity contribution in [3.63, 3.8) is 0 Å². The van der Waals surface area contributed by atoms with Gasteiger partial charge in [-0.2, -0.15) is 20.5 Å². The number of hydrogen-bond acceptors (Lipinski definition) is 8. The number of H-pyrrole nitrogens is 1. The normalized spacial score (nSPS) is 17.1. The van der Waals surface area contributed by atoms with Crippen LogP contribution in [0.3, 0.4) is 0 Å². The number of benzene rings is 1. The maximum Gasteiger partial charge on any atom is 0.244 e.